The number of amides is 2. The van der Waals surface area contributed by atoms with Crippen LogP contribution in [0.1, 0.15) is 25.3 Å². The van der Waals surface area contributed by atoms with E-state index in [9.17, 15) is 18.0 Å². The first-order valence-electron chi connectivity index (χ1n) is 9.24. The van der Waals surface area contributed by atoms with Crippen molar-refractivity contribution in [2.75, 3.05) is 5.32 Å². The molecule has 154 valence electrons. The second-order valence-electron chi connectivity index (χ2n) is 6.84. The first kappa shape index (κ1) is 20.8. The van der Waals surface area contributed by atoms with Crippen LogP contribution in [0.25, 0.3) is 0 Å². The molecular formula is C20H23N3O5S. The average Bonchev–Trinajstić information content (AvgIpc) is 3.50. The molecule has 1 atom stereocenters. The first-order valence-corrected chi connectivity index (χ1v) is 10.7. The van der Waals surface area contributed by atoms with E-state index in [2.05, 4.69) is 15.4 Å². The van der Waals surface area contributed by atoms with Crippen molar-refractivity contribution in [3.05, 3.63) is 60.2 Å². The molecule has 0 heterocycles. The number of ether oxygens (including phenoxy) is 1. The largest absolute Gasteiger partial charge is 0.445 e. The maximum absolute atomic E-state index is 12.3. The highest BCUT2D eigenvalue weighted by molar-refractivity contribution is 7.89. The lowest BCUT2D eigenvalue weighted by Gasteiger charge is -2.15. The highest BCUT2D eigenvalue weighted by Gasteiger charge is 2.28. The van der Waals surface area contributed by atoms with E-state index in [0.717, 1.165) is 18.4 Å². The van der Waals surface area contributed by atoms with Crippen molar-refractivity contribution < 1.29 is 22.7 Å². The SMILES string of the molecule is C[C@H](NC(=O)OCc1ccccc1)C(=O)Nc1cccc(S(=O)(=O)NC2CC2)c1. The Morgan fingerprint density at radius 3 is 2.52 bits per heavy atom. The van der Waals surface area contributed by atoms with Crippen LogP contribution in [0.5, 0.6) is 0 Å². The van der Waals surface area contributed by atoms with Gasteiger partial charge in [-0.05, 0) is 43.5 Å². The molecular weight excluding hydrogens is 394 g/mol. The summed E-state index contributed by atoms with van der Waals surface area (Å²) < 4.78 is 32.3. The molecule has 9 heteroatoms. The van der Waals surface area contributed by atoms with Crippen LogP contribution in [0.4, 0.5) is 10.5 Å². The zero-order valence-corrected chi connectivity index (χ0v) is 16.7. The standard InChI is InChI=1S/C20H23N3O5S/c1-14(21-20(25)28-13-15-6-3-2-4-7-15)19(24)22-17-8-5-9-18(12-17)29(26,27)23-16-10-11-16/h2-9,12,14,16,23H,10-11,13H2,1H3,(H,21,25)(H,22,24)/t14-/m0/s1. The quantitative estimate of drug-likeness (QED) is 0.610. The number of hydrogen-bond donors (Lipinski definition) is 3. The van der Waals surface area contributed by atoms with Crippen molar-refractivity contribution in [3.63, 3.8) is 0 Å². The monoisotopic (exact) mass is 417 g/mol. The van der Waals surface area contributed by atoms with Crippen LogP contribution in [-0.4, -0.2) is 32.5 Å². The van der Waals surface area contributed by atoms with E-state index in [1.807, 2.05) is 30.3 Å². The Morgan fingerprint density at radius 1 is 1.10 bits per heavy atom. The Bertz CT molecular complexity index is 975. The smallest absolute Gasteiger partial charge is 0.408 e. The maximum Gasteiger partial charge on any atom is 0.408 e. The Kier molecular flexibility index (Phi) is 6.50. The van der Waals surface area contributed by atoms with Gasteiger partial charge in [0.05, 0.1) is 4.90 Å². The molecule has 2 aromatic carbocycles. The number of nitrogens with one attached hydrogen (secondary N) is 3. The fourth-order valence-corrected chi connectivity index (χ4v) is 3.84. The van der Waals surface area contributed by atoms with Gasteiger partial charge in [0, 0.05) is 11.7 Å². The number of hydrogen-bond acceptors (Lipinski definition) is 5. The summed E-state index contributed by atoms with van der Waals surface area (Å²) in [5.74, 6) is -0.494. The Balaban J connectivity index is 1.52. The van der Waals surface area contributed by atoms with Gasteiger partial charge in [0.2, 0.25) is 15.9 Å². The minimum absolute atomic E-state index is 0.00984. The summed E-state index contributed by atoms with van der Waals surface area (Å²) in [5.41, 5.74) is 1.15. The van der Waals surface area contributed by atoms with Crippen LogP contribution in [0, 0.1) is 0 Å². The predicted molar refractivity (Wildman–Crippen MR) is 108 cm³/mol. The van der Waals surface area contributed by atoms with Crippen LogP contribution in [0.15, 0.2) is 59.5 Å². The fraction of sp³-hybridized carbons (Fsp3) is 0.300. The molecule has 1 saturated carbocycles. The number of carbonyl (C=O) groups excluding carboxylic acids is 2. The zero-order valence-electron chi connectivity index (χ0n) is 15.9. The van der Waals surface area contributed by atoms with Crippen molar-refractivity contribution in [1.29, 1.82) is 0 Å². The fourth-order valence-electron chi connectivity index (χ4n) is 2.49. The van der Waals surface area contributed by atoms with Gasteiger partial charge in [0.1, 0.15) is 12.6 Å². The lowest BCUT2D eigenvalue weighted by molar-refractivity contribution is -0.117. The number of rotatable bonds is 8. The number of benzene rings is 2. The van der Waals surface area contributed by atoms with E-state index >= 15 is 0 Å². The minimum Gasteiger partial charge on any atom is -0.445 e. The van der Waals surface area contributed by atoms with E-state index in [4.69, 9.17) is 4.74 Å². The lowest BCUT2D eigenvalue weighted by Crippen LogP contribution is -2.41. The number of alkyl carbamates (subject to hydrolysis) is 1. The Labute approximate surface area is 169 Å². The molecule has 0 unspecified atom stereocenters. The zero-order chi connectivity index (χ0) is 20.9. The van der Waals surface area contributed by atoms with Gasteiger partial charge in [0.15, 0.2) is 0 Å². The molecule has 3 rings (SSSR count). The van der Waals surface area contributed by atoms with Crippen LogP contribution in [0.3, 0.4) is 0 Å². The topological polar surface area (TPSA) is 114 Å². The summed E-state index contributed by atoms with van der Waals surface area (Å²) >= 11 is 0. The molecule has 2 aromatic rings. The number of carbonyl (C=O) groups is 2. The van der Waals surface area contributed by atoms with Crippen LogP contribution in [0.2, 0.25) is 0 Å². The van der Waals surface area contributed by atoms with Gasteiger partial charge in [-0.1, -0.05) is 36.4 Å². The van der Waals surface area contributed by atoms with Crippen molar-refractivity contribution in [2.45, 2.75) is 43.4 Å². The average molecular weight is 417 g/mol. The molecule has 3 N–H and O–H groups in total. The van der Waals surface area contributed by atoms with Gasteiger partial charge in [-0.25, -0.2) is 17.9 Å². The predicted octanol–water partition coefficient (Wildman–Crippen LogP) is 2.38. The number of sulfonamides is 1. The Hall–Kier alpha value is -2.91. The van der Waals surface area contributed by atoms with Gasteiger partial charge < -0.3 is 15.4 Å². The van der Waals surface area contributed by atoms with Crippen LogP contribution >= 0.6 is 0 Å². The van der Waals surface area contributed by atoms with Gasteiger partial charge >= 0.3 is 6.09 Å². The van der Waals surface area contributed by atoms with E-state index in [1.165, 1.54) is 19.1 Å². The van der Waals surface area contributed by atoms with Crippen molar-refractivity contribution in [2.24, 2.45) is 0 Å². The third kappa shape index (κ3) is 6.30. The van der Waals surface area contributed by atoms with Gasteiger partial charge in [-0.15, -0.1) is 0 Å². The van der Waals surface area contributed by atoms with Gasteiger partial charge in [0.25, 0.3) is 0 Å². The molecule has 1 aliphatic rings. The second kappa shape index (κ2) is 9.06. The van der Waals surface area contributed by atoms with E-state index in [1.54, 1.807) is 12.1 Å². The summed E-state index contributed by atoms with van der Waals surface area (Å²) in [6.45, 7) is 1.60. The van der Waals surface area contributed by atoms with Crippen molar-refractivity contribution in [3.8, 4) is 0 Å². The summed E-state index contributed by atoms with van der Waals surface area (Å²) in [4.78, 5) is 24.3. The minimum atomic E-state index is -3.62. The molecule has 0 radical (unpaired) electrons. The molecule has 1 fully saturated rings. The van der Waals surface area contributed by atoms with Gasteiger partial charge in [-0.2, -0.15) is 0 Å². The van der Waals surface area contributed by atoms with Crippen LogP contribution in [-0.2, 0) is 26.2 Å². The summed E-state index contributed by atoms with van der Waals surface area (Å²) in [5, 5.41) is 5.05. The van der Waals surface area contributed by atoms with Crippen molar-refractivity contribution in [1.82, 2.24) is 10.0 Å². The normalized spacial score (nSPS) is 14.7. The van der Waals surface area contributed by atoms with E-state index < -0.39 is 28.1 Å². The molecule has 29 heavy (non-hydrogen) atoms. The van der Waals surface area contributed by atoms with Gasteiger partial charge in [-0.3, -0.25) is 4.79 Å². The highest BCUT2D eigenvalue weighted by Crippen LogP contribution is 2.23. The van der Waals surface area contributed by atoms with E-state index in [0.29, 0.717) is 5.69 Å². The Morgan fingerprint density at radius 2 is 1.83 bits per heavy atom. The summed E-state index contributed by atoms with van der Waals surface area (Å²) in [7, 11) is -3.62. The third-order valence-electron chi connectivity index (χ3n) is 4.25. The number of anilines is 1. The van der Waals surface area contributed by atoms with Crippen LogP contribution < -0.4 is 15.4 Å². The molecule has 0 aliphatic heterocycles. The molecule has 0 aromatic heterocycles. The van der Waals surface area contributed by atoms with E-state index in [-0.39, 0.29) is 17.5 Å². The second-order valence-corrected chi connectivity index (χ2v) is 8.55. The molecule has 1 aliphatic carbocycles. The third-order valence-corrected chi connectivity index (χ3v) is 5.77. The molecule has 0 spiro atoms. The van der Waals surface area contributed by atoms with Crippen molar-refractivity contribution >= 4 is 27.7 Å². The molecule has 8 nitrogen and oxygen atoms in total. The summed E-state index contributed by atoms with van der Waals surface area (Å²) in [6.07, 6.45) is 0.944. The lowest BCUT2D eigenvalue weighted by atomic mass is 10.2. The maximum atomic E-state index is 12.3. The highest BCUT2D eigenvalue weighted by atomic mass is 32.2. The summed E-state index contributed by atoms with van der Waals surface area (Å²) in [6, 6.07) is 14.3. The molecule has 0 bridgehead atoms. The first-order chi connectivity index (χ1) is 13.8. The molecule has 0 saturated heterocycles. The molecule has 2 amide bonds.